The number of amides is 2. The Bertz CT molecular complexity index is 886. The number of carbonyl (C=O) groups excluding carboxylic acids is 2. The molecule has 138 valence electrons. The molecule has 0 radical (unpaired) electrons. The molecule has 0 saturated carbocycles. The monoisotopic (exact) mass is 363 g/mol. The first kappa shape index (κ1) is 18.0. The molecule has 27 heavy (non-hydrogen) atoms. The second-order valence-electron chi connectivity index (χ2n) is 8.08. The van der Waals surface area contributed by atoms with E-state index in [-0.39, 0.29) is 18.4 Å². The lowest BCUT2D eigenvalue weighted by atomic mass is 9.78. The van der Waals surface area contributed by atoms with Crippen LogP contribution in [0.5, 0.6) is 0 Å². The van der Waals surface area contributed by atoms with E-state index in [0.29, 0.717) is 11.1 Å². The fourth-order valence-corrected chi connectivity index (χ4v) is 3.38. The van der Waals surface area contributed by atoms with Gasteiger partial charge in [0.15, 0.2) is 0 Å². The van der Waals surface area contributed by atoms with Crippen LogP contribution < -0.4 is 5.46 Å². The van der Waals surface area contributed by atoms with Crippen LogP contribution in [0.3, 0.4) is 0 Å². The largest absolute Gasteiger partial charge is 0.494 e. The van der Waals surface area contributed by atoms with Crippen LogP contribution in [0, 0.1) is 0 Å². The molecular weight excluding hydrogens is 341 g/mol. The number of hydrogen-bond donors (Lipinski definition) is 0. The molecule has 2 aromatic carbocycles. The van der Waals surface area contributed by atoms with Gasteiger partial charge in [-0.2, -0.15) is 0 Å². The number of fused-ring (bicyclic) bond motifs is 1. The van der Waals surface area contributed by atoms with Crippen LogP contribution in [-0.2, 0) is 15.9 Å². The number of imide groups is 1. The fraction of sp³-hybridized carbons (Fsp3) is 0.333. The van der Waals surface area contributed by atoms with Crippen molar-refractivity contribution in [1.82, 2.24) is 4.90 Å². The molecule has 1 fully saturated rings. The molecule has 0 spiro atoms. The first-order chi connectivity index (χ1) is 12.7. The Labute approximate surface area is 159 Å². The van der Waals surface area contributed by atoms with E-state index >= 15 is 0 Å². The molecular formula is C21H22BNO4. The van der Waals surface area contributed by atoms with Crippen molar-refractivity contribution in [2.75, 3.05) is 0 Å². The summed E-state index contributed by atoms with van der Waals surface area (Å²) in [6.45, 7) is 8.26. The second-order valence-corrected chi connectivity index (χ2v) is 8.08. The molecule has 0 atom stereocenters. The van der Waals surface area contributed by atoms with E-state index in [1.165, 1.54) is 4.90 Å². The average molecular weight is 363 g/mol. The molecule has 1 saturated heterocycles. The summed E-state index contributed by atoms with van der Waals surface area (Å²) < 4.78 is 12.2. The lowest BCUT2D eigenvalue weighted by Gasteiger charge is -2.32. The Morgan fingerprint density at radius 1 is 0.852 bits per heavy atom. The van der Waals surface area contributed by atoms with Gasteiger partial charge in [0.1, 0.15) is 0 Å². The van der Waals surface area contributed by atoms with Crippen molar-refractivity contribution in [1.29, 1.82) is 0 Å². The van der Waals surface area contributed by atoms with Gasteiger partial charge in [0.25, 0.3) is 11.8 Å². The molecule has 0 aromatic heterocycles. The van der Waals surface area contributed by atoms with Gasteiger partial charge in [-0.25, -0.2) is 0 Å². The van der Waals surface area contributed by atoms with Gasteiger partial charge in [-0.15, -0.1) is 0 Å². The molecule has 2 aliphatic rings. The van der Waals surface area contributed by atoms with E-state index in [1.807, 2.05) is 52.0 Å². The van der Waals surface area contributed by atoms with E-state index in [0.717, 1.165) is 11.0 Å². The van der Waals surface area contributed by atoms with Gasteiger partial charge in [0, 0.05) is 0 Å². The van der Waals surface area contributed by atoms with Crippen LogP contribution in [0.1, 0.15) is 54.0 Å². The van der Waals surface area contributed by atoms with Crippen molar-refractivity contribution in [3.8, 4) is 0 Å². The maximum absolute atomic E-state index is 12.6. The highest BCUT2D eigenvalue weighted by molar-refractivity contribution is 6.62. The molecule has 5 nitrogen and oxygen atoms in total. The van der Waals surface area contributed by atoms with Crippen LogP contribution in [0.15, 0.2) is 48.5 Å². The number of rotatable bonds is 3. The normalized spacial score (nSPS) is 20.3. The topological polar surface area (TPSA) is 55.8 Å². The van der Waals surface area contributed by atoms with Crippen molar-refractivity contribution < 1.29 is 18.9 Å². The molecule has 2 heterocycles. The van der Waals surface area contributed by atoms with Crippen molar-refractivity contribution in [3.63, 3.8) is 0 Å². The standard InChI is InChI=1S/C21H22BNO4/c1-20(2)21(3,4)27-22(26-20)15-9-7-8-14(12-15)13-23-18(24)16-10-5-6-11-17(16)19(23)25/h5-12H,13H2,1-4H3. The van der Waals surface area contributed by atoms with Crippen LogP contribution in [0.4, 0.5) is 0 Å². The quantitative estimate of drug-likeness (QED) is 0.622. The predicted octanol–water partition coefficient (Wildman–Crippen LogP) is 2.78. The molecule has 0 bridgehead atoms. The number of benzene rings is 2. The molecule has 0 unspecified atom stereocenters. The summed E-state index contributed by atoms with van der Waals surface area (Å²) in [4.78, 5) is 26.4. The minimum absolute atomic E-state index is 0.222. The third kappa shape index (κ3) is 2.89. The van der Waals surface area contributed by atoms with Gasteiger partial charge in [0.2, 0.25) is 0 Å². The van der Waals surface area contributed by atoms with Crippen LogP contribution >= 0.6 is 0 Å². The van der Waals surface area contributed by atoms with Gasteiger partial charge < -0.3 is 9.31 Å². The third-order valence-corrected chi connectivity index (χ3v) is 5.70. The molecule has 6 heteroatoms. The zero-order valence-corrected chi connectivity index (χ0v) is 16.0. The van der Waals surface area contributed by atoms with E-state index in [1.54, 1.807) is 24.3 Å². The van der Waals surface area contributed by atoms with E-state index in [4.69, 9.17) is 9.31 Å². The van der Waals surface area contributed by atoms with Crippen molar-refractivity contribution in [3.05, 3.63) is 65.2 Å². The van der Waals surface area contributed by atoms with E-state index in [9.17, 15) is 9.59 Å². The minimum atomic E-state index is -0.475. The SMILES string of the molecule is CC1(C)OB(c2cccc(CN3C(=O)c4ccccc4C3=O)c2)OC1(C)C. The molecule has 4 rings (SSSR count). The summed E-state index contributed by atoms with van der Waals surface area (Å²) >= 11 is 0. The van der Waals surface area contributed by atoms with Gasteiger partial charge in [-0.1, -0.05) is 36.4 Å². The molecule has 0 aliphatic carbocycles. The summed E-state index contributed by atoms with van der Waals surface area (Å²) in [5.74, 6) is -0.506. The number of nitrogens with zero attached hydrogens (tertiary/aromatic N) is 1. The van der Waals surface area contributed by atoms with Crippen molar-refractivity contribution in [2.45, 2.75) is 45.4 Å². The zero-order valence-electron chi connectivity index (χ0n) is 16.0. The average Bonchev–Trinajstić information content (AvgIpc) is 3.00. The summed E-state index contributed by atoms with van der Waals surface area (Å²) in [5, 5.41) is 0. The maximum atomic E-state index is 12.6. The molecule has 2 aliphatic heterocycles. The molecule has 2 amide bonds. The predicted molar refractivity (Wildman–Crippen MR) is 103 cm³/mol. The lowest BCUT2D eigenvalue weighted by molar-refractivity contribution is 0.00578. The first-order valence-corrected chi connectivity index (χ1v) is 9.09. The van der Waals surface area contributed by atoms with E-state index < -0.39 is 18.3 Å². The van der Waals surface area contributed by atoms with Crippen LogP contribution in [0.25, 0.3) is 0 Å². The van der Waals surface area contributed by atoms with E-state index in [2.05, 4.69) is 0 Å². The summed E-state index contributed by atoms with van der Waals surface area (Å²) in [6, 6.07) is 14.6. The fourth-order valence-electron chi connectivity index (χ4n) is 3.38. The van der Waals surface area contributed by atoms with Crippen LogP contribution in [-0.4, -0.2) is 35.0 Å². The summed E-state index contributed by atoms with van der Waals surface area (Å²) in [7, 11) is -0.475. The number of carbonyl (C=O) groups is 2. The van der Waals surface area contributed by atoms with Gasteiger partial charge in [-0.3, -0.25) is 14.5 Å². The van der Waals surface area contributed by atoms with Gasteiger partial charge in [0.05, 0.1) is 28.9 Å². The minimum Gasteiger partial charge on any atom is -0.399 e. The smallest absolute Gasteiger partial charge is 0.399 e. The summed E-state index contributed by atoms with van der Waals surface area (Å²) in [6.07, 6.45) is 0. The second kappa shape index (κ2) is 6.04. The zero-order chi connectivity index (χ0) is 19.4. The number of hydrogen-bond acceptors (Lipinski definition) is 4. The van der Waals surface area contributed by atoms with Gasteiger partial charge in [-0.05, 0) is 50.9 Å². The highest BCUT2D eigenvalue weighted by atomic mass is 16.7. The molecule has 2 aromatic rings. The Balaban J connectivity index is 1.57. The van der Waals surface area contributed by atoms with Crippen molar-refractivity contribution >= 4 is 24.4 Å². The highest BCUT2D eigenvalue weighted by Gasteiger charge is 2.51. The van der Waals surface area contributed by atoms with Crippen molar-refractivity contribution in [2.24, 2.45) is 0 Å². The maximum Gasteiger partial charge on any atom is 0.494 e. The lowest BCUT2D eigenvalue weighted by Crippen LogP contribution is -2.41. The first-order valence-electron chi connectivity index (χ1n) is 9.09. The summed E-state index contributed by atoms with van der Waals surface area (Å²) in [5.41, 5.74) is 1.82. The Morgan fingerprint density at radius 3 is 1.96 bits per heavy atom. The Hall–Kier alpha value is -2.44. The van der Waals surface area contributed by atoms with Crippen LogP contribution in [0.2, 0.25) is 0 Å². The van der Waals surface area contributed by atoms with Gasteiger partial charge >= 0.3 is 7.12 Å². The Morgan fingerprint density at radius 2 is 1.41 bits per heavy atom. The Kier molecular flexibility index (Phi) is 4.02. The third-order valence-electron chi connectivity index (χ3n) is 5.70. The molecule has 0 N–H and O–H groups in total. The highest BCUT2D eigenvalue weighted by Crippen LogP contribution is 2.36.